The topological polar surface area (TPSA) is 111 Å². The molecule has 0 aliphatic carbocycles. The average Bonchev–Trinajstić information content (AvgIpc) is 2.64. The lowest BCUT2D eigenvalue weighted by Gasteiger charge is -2.09. The van der Waals surface area contributed by atoms with E-state index in [4.69, 9.17) is 27.9 Å². The zero-order valence-corrected chi connectivity index (χ0v) is 15.2. The second kappa shape index (κ2) is 9.56. The van der Waals surface area contributed by atoms with Crippen molar-refractivity contribution in [3.8, 4) is 5.75 Å². The molecular formula is C17H13Cl2N3O5. The highest BCUT2D eigenvalue weighted by Crippen LogP contribution is 2.27. The van der Waals surface area contributed by atoms with Crippen LogP contribution in [0.2, 0.25) is 10.0 Å². The number of nitro benzene ring substituents is 1. The summed E-state index contributed by atoms with van der Waals surface area (Å²) >= 11 is 11.7. The smallest absolute Gasteiger partial charge is 0.276 e. The highest BCUT2D eigenvalue weighted by atomic mass is 35.5. The van der Waals surface area contributed by atoms with Crippen LogP contribution in [0.25, 0.3) is 6.08 Å². The van der Waals surface area contributed by atoms with Gasteiger partial charge in [-0.3, -0.25) is 30.6 Å². The molecule has 0 saturated carbocycles. The van der Waals surface area contributed by atoms with Crippen LogP contribution in [-0.4, -0.2) is 23.3 Å². The molecule has 0 radical (unpaired) electrons. The van der Waals surface area contributed by atoms with Gasteiger partial charge in [-0.1, -0.05) is 35.3 Å². The number of non-ortho nitro benzene ring substituents is 1. The van der Waals surface area contributed by atoms with E-state index in [0.717, 1.165) is 6.08 Å². The molecule has 2 N–H and O–H groups in total. The molecule has 27 heavy (non-hydrogen) atoms. The van der Waals surface area contributed by atoms with Gasteiger partial charge in [-0.05, 0) is 29.8 Å². The Morgan fingerprint density at radius 3 is 2.63 bits per heavy atom. The maximum absolute atomic E-state index is 11.7. The monoisotopic (exact) mass is 409 g/mol. The SMILES string of the molecule is O=C(/C=C/c1cccc([N+](=O)[O-])c1)NNC(=O)COc1ccc(Cl)cc1Cl. The summed E-state index contributed by atoms with van der Waals surface area (Å²) in [5, 5.41) is 11.4. The third-order valence-corrected chi connectivity index (χ3v) is 3.62. The van der Waals surface area contributed by atoms with E-state index in [9.17, 15) is 19.7 Å². The zero-order valence-electron chi connectivity index (χ0n) is 13.6. The molecule has 0 aromatic heterocycles. The lowest BCUT2D eigenvalue weighted by Crippen LogP contribution is -2.43. The Labute approximate surface area is 163 Å². The first-order valence-electron chi connectivity index (χ1n) is 7.44. The van der Waals surface area contributed by atoms with Gasteiger partial charge in [-0.2, -0.15) is 0 Å². The molecule has 2 aromatic carbocycles. The van der Waals surface area contributed by atoms with E-state index in [1.165, 1.54) is 36.4 Å². The molecule has 0 aliphatic heterocycles. The summed E-state index contributed by atoms with van der Waals surface area (Å²) in [5.74, 6) is -0.967. The number of amides is 2. The Morgan fingerprint density at radius 2 is 1.93 bits per heavy atom. The number of hydrogen-bond acceptors (Lipinski definition) is 5. The van der Waals surface area contributed by atoms with Crippen molar-refractivity contribution in [2.24, 2.45) is 0 Å². The Hall–Kier alpha value is -3.10. The summed E-state index contributed by atoms with van der Waals surface area (Å²) in [6.07, 6.45) is 2.49. The van der Waals surface area contributed by atoms with E-state index in [1.54, 1.807) is 12.1 Å². The van der Waals surface area contributed by atoms with Crippen molar-refractivity contribution in [2.75, 3.05) is 6.61 Å². The van der Waals surface area contributed by atoms with Crippen LogP contribution in [0, 0.1) is 10.1 Å². The molecule has 140 valence electrons. The number of carbonyl (C=O) groups excluding carboxylic acids is 2. The molecule has 10 heteroatoms. The van der Waals surface area contributed by atoms with E-state index in [0.29, 0.717) is 10.6 Å². The standard InChI is InChI=1S/C17H13Cl2N3O5/c18-12-5-6-15(14(19)9-12)27-10-17(24)21-20-16(23)7-4-11-2-1-3-13(8-11)22(25)26/h1-9H,10H2,(H,20,23)(H,21,24)/b7-4+. The Balaban J connectivity index is 1.80. The predicted octanol–water partition coefficient (Wildman–Crippen LogP) is 3.14. The number of nitrogens with one attached hydrogen (secondary N) is 2. The van der Waals surface area contributed by atoms with Crippen molar-refractivity contribution >= 4 is 46.8 Å². The van der Waals surface area contributed by atoms with Crippen LogP contribution in [-0.2, 0) is 9.59 Å². The van der Waals surface area contributed by atoms with Crippen LogP contribution in [0.15, 0.2) is 48.5 Å². The van der Waals surface area contributed by atoms with Crippen molar-refractivity contribution in [3.05, 3.63) is 74.3 Å². The summed E-state index contributed by atoms with van der Waals surface area (Å²) < 4.78 is 5.21. The minimum Gasteiger partial charge on any atom is -0.482 e. The van der Waals surface area contributed by atoms with E-state index in [-0.39, 0.29) is 23.1 Å². The second-order valence-electron chi connectivity index (χ2n) is 5.09. The summed E-state index contributed by atoms with van der Waals surface area (Å²) in [4.78, 5) is 33.5. The van der Waals surface area contributed by atoms with Crippen molar-refractivity contribution in [3.63, 3.8) is 0 Å². The molecule has 0 fully saturated rings. The number of nitrogens with zero attached hydrogens (tertiary/aromatic N) is 1. The van der Waals surface area contributed by atoms with Gasteiger partial charge in [0, 0.05) is 23.2 Å². The van der Waals surface area contributed by atoms with Gasteiger partial charge < -0.3 is 4.74 Å². The number of ether oxygens (including phenoxy) is 1. The third-order valence-electron chi connectivity index (χ3n) is 3.09. The fourth-order valence-electron chi connectivity index (χ4n) is 1.86. The largest absolute Gasteiger partial charge is 0.482 e. The van der Waals surface area contributed by atoms with Gasteiger partial charge in [0.2, 0.25) is 0 Å². The van der Waals surface area contributed by atoms with Crippen LogP contribution in [0.3, 0.4) is 0 Å². The lowest BCUT2D eigenvalue weighted by atomic mass is 10.2. The van der Waals surface area contributed by atoms with Gasteiger partial charge in [-0.15, -0.1) is 0 Å². The highest BCUT2D eigenvalue weighted by molar-refractivity contribution is 6.35. The molecule has 0 atom stereocenters. The molecule has 8 nitrogen and oxygen atoms in total. The summed E-state index contributed by atoms with van der Waals surface area (Å²) in [5.41, 5.74) is 4.68. The zero-order chi connectivity index (χ0) is 19.8. The van der Waals surface area contributed by atoms with Gasteiger partial charge in [0.1, 0.15) is 5.75 Å². The number of benzene rings is 2. The normalized spacial score (nSPS) is 10.4. The first-order chi connectivity index (χ1) is 12.8. The van der Waals surface area contributed by atoms with E-state index >= 15 is 0 Å². The number of nitro groups is 1. The first kappa shape index (κ1) is 20.2. The Morgan fingerprint density at radius 1 is 1.15 bits per heavy atom. The molecule has 2 aromatic rings. The molecule has 0 spiro atoms. The maximum Gasteiger partial charge on any atom is 0.276 e. The molecule has 0 unspecified atom stereocenters. The van der Waals surface area contributed by atoms with Crippen molar-refractivity contribution in [1.29, 1.82) is 0 Å². The van der Waals surface area contributed by atoms with Crippen LogP contribution < -0.4 is 15.6 Å². The second-order valence-corrected chi connectivity index (χ2v) is 5.93. The number of hydrazine groups is 1. The molecule has 0 bridgehead atoms. The van der Waals surface area contributed by atoms with Gasteiger partial charge in [0.15, 0.2) is 6.61 Å². The first-order valence-corrected chi connectivity index (χ1v) is 8.20. The minimum absolute atomic E-state index is 0.0936. The van der Waals surface area contributed by atoms with Gasteiger partial charge in [0.05, 0.1) is 9.95 Å². The summed E-state index contributed by atoms with van der Waals surface area (Å²) in [7, 11) is 0. The van der Waals surface area contributed by atoms with E-state index in [2.05, 4.69) is 10.9 Å². The number of rotatable bonds is 6. The number of carbonyl (C=O) groups is 2. The van der Waals surface area contributed by atoms with Gasteiger partial charge >= 0.3 is 0 Å². The summed E-state index contributed by atoms with van der Waals surface area (Å²) in [6, 6.07) is 10.3. The van der Waals surface area contributed by atoms with E-state index in [1.807, 2.05) is 0 Å². The average molecular weight is 410 g/mol. The quantitative estimate of drug-likeness (QED) is 0.432. The molecule has 0 saturated heterocycles. The van der Waals surface area contributed by atoms with Gasteiger partial charge in [0.25, 0.3) is 17.5 Å². The lowest BCUT2D eigenvalue weighted by molar-refractivity contribution is -0.384. The van der Waals surface area contributed by atoms with Crippen LogP contribution in [0.5, 0.6) is 5.75 Å². The van der Waals surface area contributed by atoms with Crippen molar-refractivity contribution in [2.45, 2.75) is 0 Å². The molecule has 0 aliphatic rings. The number of halogens is 2. The molecule has 2 amide bonds. The molecule has 0 heterocycles. The van der Waals surface area contributed by atoms with Gasteiger partial charge in [-0.25, -0.2) is 0 Å². The molecule has 2 rings (SSSR count). The third kappa shape index (κ3) is 6.61. The maximum atomic E-state index is 11.7. The van der Waals surface area contributed by atoms with Crippen molar-refractivity contribution < 1.29 is 19.2 Å². The Kier molecular flexibility index (Phi) is 7.16. The molecular weight excluding hydrogens is 397 g/mol. The van der Waals surface area contributed by atoms with E-state index < -0.39 is 16.7 Å². The fourth-order valence-corrected chi connectivity index (χ4v) is 2.32. The minimum atomic E-state index is -0.626. The summed E-state index contributed by atoms with van der Waals surface area (Å²) in [6.45, 7) is -0.379. The van der Waals surface area contributed by atoms with Crippen molar-refractivity contribution in [1.82, 2.24) is 10.9 Å². The highest BCUT2D eigenvalue weighted by Gasteiger charge is 2.07. The van der Waals surface area contributed by atoms with Crippen LogP contribution >= 0.6 is 23.2 Å². The van der Waals surface area contributed by atoms with Crippen LogP contribution in [0.4, 0.5) is 5.69 Å². The fraction of sp³-hybridized carbons (Fsp3) is 0.0588. The Bertz CT molecular complexity index is 902. The predicted molar refractivity (Wildman–Crippen MR) is 100 cm³/mol. The number of hydrogen-bond donors (Lipinski definition) is 2. The van der Waals surface area contributed by atoms with Crippen LogP contribution in [0.1, 0.15) is 5.56 Å².